The lowest BCUT2D eigenvalue weighted by Gasteiger charge is -2.17. The Morgan fingerprint density at radius 1 is 1.00 bits per heavy atom. The minimum Gasteiger partial charge on any atom is -0.495 e. The van der Waals surface area contributed by atoms with Gasteiger partial charge in [0.05, 0.1) is 17.7 Å². The van der Waals surface area contributed by atoms with Gasteiger partial charge in [0.15, 0.2) is 0 Å². The standard InChI is InChI=1S/C22H23N3O6S3/c1-31-20-11-10-18(34(29,30)25-12-2-3-13-25)15-19(20)23-22(26)16-6-8-17(9-7-16)24-33(27,28)21-5-4-14-32-21/h4-11,14-15,24H,2-3,12-13H2,1H3,(H,23,26). The summed E-state index contributed by atoms with van der Waals surface area (Å²) in [4.78, 5) is 12.9. The number of nitrogens with zero attached hydrogens (tertiary/aromatic N) is 1. The lowest BCUT2D eigenvalue weighted by molar-refractivity contribution is 0.102. The summed E-state index contributed by atoms with van der Waals surface area (Å²) in [5.41, 5.74) is 0.783. The van der Waals surface area contributed by atoms with Gasteiger partial charge in [-0.15, -0.1) is 11.3 Å². The van der Waals surface area contributed by atoms with E-state index in [1.807, 2.05) is 0 Å². The molecule has 2 aromatic carbocycles. The van der Waals surface area contributed by atoms with Crippen molar-refractivity contribution < 1.29 is 26.4 Å². The maximum atomic E-state index is 12.9. The molecule has 1 aliphatic rings. The highest BCUT2D eigenvalue weighted by molar-refractivity contribution is 7.94. The molecule has 1 saturated heterocycles. The second-order valence-electron chi connectivity index (χ2n) is 7.54. The number of hydrogen-bond donors (Lipinski definition) is 2. The smallest absolute Gasteiger partial charge is 0.271 e. The Bertz CT molecular complexity index is 1380. The van der Waals surface area contributed by atoms with Gasteiger partial charge >= 0.3 is 0 Å². The third-order valence-corrected chi connectivity index (χ3v) is 9.95. The van der Waals surface area contributed by atoms with E-state index in [0.717, 1.165) is 24.2 Å². The van der Waals surface area contributed by atoms with Crippen LogP contribution >= 0.6 is 11.3 Å². The van der Waals surface area contributed by atoms with Crippen molar-refractivity contribution in [1.82, 2.24) is 4.31 Å². The number of methoxy groups -OCH3 is 1. The summed E-state index contributed by atoms with van der Waals surface area (Å²) >= 11 is 1.10. The molecule has 0 saturated carbocycles. The molecule has 2 heterocycles. The van der Waals surface area contributed by atoms with Gasteiger partial charge in [0, 0.05) is 24.3 Å². The van der Waals surface area contributed by atoms with Gasteiger partial charge in [-0.2, -0.15) is 4.31 Å². The first-order valence-electron chi connectivity index (χ1n) is 10.4. The summed E-state index contributed by atoms with van der Waals surface area (Å²) in [5, 5.41) is 4.36. The van der Waals surface area contributed by atoms with Gasteiger partial charge < -0.3 is 10.1 Å². The van der Waals surface area contributed by atoms with Crippen LogP contribution in [0, 0.1) is 0 Å². The molecule has 0 atom stereocenters. The number of amides is 1. The van der Waals surface area contributed by atoms with E-state index in [2.05, 4.69) is 10.0 Å². The van der Waals surface area contributed by atoms with Crippen LogP contribution in [0.5, 0.6) is 5.75 Å². The number of thiophene rings is 1. The fourth-order valence-corrected chi connectivity index (χ4v) is 7.12. The molecule has 9 nitrogen and oxygen atoms in total. The highest BCUT2D eigenvalue weighted by Crippen LogP contribution is 2.30. The van der Waals surface area contributed by atoms with Crippen molar-refractivity contribution in [1.29, 1.82) is 0 Å². The van der Waals surface area contributed by atoms with Crippen molar-refractivity contribution in [3.63, 3.8) is 0 Å². The van der Waals surface area contributed by atoms with Crippen LogP contribution < -0.4 is 14.8 Å². The number of ether oxygens (including phenoxy) is 1. The molecule has 180 valence electrons. The molecule has 0 aliphatic carbocycles. The van der Waals surface area contributed by atoms with Gasteiger partial charge in [-0.05, 0) is 66.8 Å². The first kappa shape index (κ1) is 24.2. The van der Waals surface area contributed by atoms with Crippen molar-refractivity contribution in [3.05, 3.63) is 65.5 Å². The van der Waals surface area contributed by atoms with Gasteiger partial charge in [-0.25, -0.2) is 16.8 Å². The molecule has 34 heavy (non-hydrogen) atoms. The fourth-order valence-electron chi connectivity index (χ4n) is 3.53. The Hall–Kier alpha value is -2.93. The van der Waals surface area contributed by atoms with Crippen LogP contribution in [0.3, 0.4) is 0 Å². The summed E-state index contributed by atoms with van der Waals surface area (Å²) < 4.78 is 59.9. The minimum atomic E-state index is -3.70. The average molecular weight is 522 g/mol. The quantitative estimate of drug-likeness (QED) is 0.467. The van der Waals surface area contributed by atoms with Crippen LogP contribution in [0.15, 0.2) is 69.1 Å². The fraction of sp³-hybridized carbons (Fsp3) is 0.227. The number of nitrogens with one attached hydrogen (secondary N) is 2. The third-order valence-electron chi connectivity index (χ3n) is 5.28. The summed E-state index contributed by atoms with van der Waals surface area (Å²) in [7, 11) is -5.94. The zero-order chi connectivity index (χ0) is 24.3. The number of carbonyl (C=O) groups is 1. The SMILES string of the molecule is COc1ccc(S(=O)(=O)N2CCCC2)cc1NC(=O)c1ccc(NS(=O)(=O)c2cccs2)cc1. The summed E-state index contributed by atoms with van der Waals surface area (Å²) in [6, 6.07) is 13.4. The van der Waals surface area contributed by atoms with E-state index in [0.29, 0.717) is 24.5 Å². The van der Waals surface area contributed by atoms with E-state index in [1.165, 1.54) is 59.9 Å². The van der Waals surface area contributed by atoms with Crippen LogP contribution in [0.2, 0.25) is 0 Å². The molecular formula is C22H23N3O6S3. The van der Waals surface area contributed by atoms with E-state index < -0.39 is 26.0 Å². The largest absolute Gasteiger partial charge is 0.495 e. The van der Waals surface area contributed by atoms with E-state index >= 15 is 0 Å². The summed E-state index contributed by atoms with van der Waals surface area (Å²) in [5.74, 6) is -0.185. The molecule has 3 aromatic rings. The normalized spacial score (nSPS) is 14.6. The highest BCUT2D eigenvalue weighted by Gasteiger charge is 2.28. The molecule has 1 aliphatic heterocycles. The van der Waals surface area contributed by atoms with Crippen molar-refractivity contribution >= 4 is 48.7 Å². The lowest BCUT2D eigenvalue weighted by atomic mass is 10.2. The predicted molar refractivity (Wildman–Crippen MR) is 131 cm³/mol. The molecule has 0 bridgehead atoms. The number of anilines is 2. The zero-order valence-electron chi connectivity index (χ0n) is 18.2. The van der Waals surface area contributed by atoms with Crippen LogP contribution in [-0.2, 0) is 20.0 Å². The topological polar surface area (TPSA) is 122 Å². The van der Waals surface area contributed by atoms with E-state index in [9.17, 15) is 21.6 Å². The van der Waals surface area contributed by atoms with Crippen LogP contribution in [0.1, 0.15) is 23.2 Å². The van der Waals surface area contributed by atoms with Gasteiger partial charge in [0.1, 0.15) is 9.96 Å². The molecule has 1 aromatic heterocycles. The molecule has 0 unspecified atom stereocenters. The molecular weight excluding hydrogens is 498 g/mol. The Labute approximate surface area is 202 Å². The predicted octanol–water partition coefficient (Wildman–Crippen LogP) is 3.59. The third kappa shape index (κ3) is 5.09. The first-order valence-corrected chi connectivity index (χ1v) is 14.2. The van der Waals surface area contributed by atoms with Crippen LogP contribution in [-0.4, -0.2) is 47.2 Å². The van der Waals surface area contributed by atoms with Crippen molar-refractivity contribution in [2.75, 3.05) is 30.2 Å². The molecule has 0 spiro atoms. The van der Waals surface area contributed by atoms with Crippen molar-refractivity contribution in [2.45, 2.75) is 21.9 Å². The van der Waals surface area contributed by atoms with Gasteiger partial charge in [-0.1, -0.05) is 6.07 Å². The zero-order valence-corrected chi connectivity index (χ0v) is 20.7. The molecule has 0 radical (unpaired) electrons. The van der Waals surface area contributed by atoms with Crippen molar-refractivity contribution in [3.8, 4) is 5.75 Å². The number of carbonyl (C=O) groups excluding carboxylic acids is 1. The van der Waals surface area contributed by atoms with Gasteiger partial charge in [0.2, 0.25) is 10.0 Å². The molecule has 12 heteroatoms. The van der Waals surface area contributed by atoms with E-state index in [-0.39, 0.29) is 20.4 Å². The first-order chi connectivity index (χ1) is 16.2. The number of rotatable bonds is 8. The van der Waals surface area contributed by atoms with Gasteiger partial charge in [-0.3, -0.25) is 9.52 Å². The summed E-state index contributed by atoms with van der Waals surface area (Å²) in [6.45, 7) is 0.942. The Kier molecular flexibility index (Phi) is 6.94. The molecule has 1 amide bonds. The molecule has 1 fully saturated rings. The monoisotopic (exact) mass is 521 g/mol. The average Bonchev–Trinajstić information content (AvgIpc) is 3.54. The van der Waals surface area contributed by atoms with Crippen LogP contribution in [0.25, 0.3) is 0 Å². The van der Waals surface area contributed by atoms with Gasteiger partial charge in [0.25, 0.3) is 15.9 Å². The maximum absolute atomic E-state index is 12.9. The molecule has 2 N–H and O–H groups in total. The Morgan fingerprint density at radius 3 is 2.32 bits per heavy atom. The number of sulfonamides is 2. The molecule has 4 rings (SSSR count). The minimum absolute atomic E-state index is 0.0730. The lowest BCUT2D eigenvalue weighted by Crippen LogP contribution is -2.28. The van der Waals surface area contributed by atoms with Crippen LogP contribution in [0.4, 0.5) is 11.4 Å². The Morgan fingerprint density at radius 2 is 1.71 bits per heavy atom. The second-order valence-corrected chi connectivity index (χ2v) is 12.3. The maximum Gasteiger partial charge on any atom is 0.271 e. The van der Waals surface area contributed by atoms with Crippen molar-refractivity contribution in [2.24, 2.45) is 0 Å². The van der Waals surface area contributed by atoms with E-state index in [4.69, 9.17) is 4.74 Å². The summed E-state index contributed by atoms with van der Waals surface area (Å²) in [6.07, 6.45) is 1.64. The number of hydrogen-bond acceptors (Lipinski definition) is 7. The highest BCUT2D eigenvalue weighted by atomic mass is 32.2. The second kappa shape index (κ2) is 9.74. The number of benzene rings is 2. The Balaban J connectivity index is 1.52. The van der Waals surface area contributed by atoms with E-state index in [1.54, 1.807) is 11.4 Å².